The van der Waals surface area contributed by atoms with Crippen molar-refractivity contribution < 1.29 is 8.78 Å². The first kappa shape index (κ1) is 16.6. The maximum atomic E-state index is 14.4. The van der Waals surface area contributed by atoms with Crippen molar-refractivity contribution in [2.45, 2.75) is 12.5 Å². The summed E-state index contributed by atoms with van der Waals surface area (Å²) in [5.41, 5.74) is 1.54. The quantitative estimate of drug-likeness (QED) is 0.861. The van der Waals surface area contributed by atoms with E-state index >= 15 is 0 Å². The van der Waals surface area contributed by atoms with E-state index in [9.17, 15) is 8.78 Å². The van der Waals surface area contributed by atoms with Crippen LogP contribution in [0.4, 0.5) is 8.78 Å². The summed E-state index contributed by atoms with van der Waals surface area (Å²) in [6.07, 6.45) is 1.01. The molecule has 1 atom stereocenters. The first-order chi connectivity index (χ1) is 11.1. The molecule has 1 aliphatic rings. The Bertz CT molecular complexity index is 653. The highest BCUT2D eigenvalue weighted by Crippen LogP contribution is 2.32. The van der Waals surface area contributed by atoms with Gasteiger partial charge in [0.1, 0.15) is 11.6 Å². The van der Waals surface area contributed by atoms with Gasteiger partial charge in [0.2, 0.25) is 0 Å². The van der Waals surface area contributed by atoms with Gasteiger partial charge in [0, 0.05) is 35.7 Å². The summed E-state index contributed by atoms with van der Waals surface area (Å²) in [5.74, 6) is -1.03. The lowest BCUT2D eigenvalue weighted by atomic mass is 9.96. The van der Waals surface area contributed by atoms with Gasteiger partial charge in [-0.15, -0.1) is 0 Å². The van der Waals surface area contributed by atoms with Gasteiger partial charge in [-0.3, -0.25) is 4.90 Å². The van der Waals surface area contributed by atoms with Gasteiger partial charge in [0.05, 0.1) is 6.04 Å². The number of hydrogen-bond donors (Lipinski definition) is 1. The summed E-state index contributed by atoms with van der Waals surface area (Å²) in [6, 6.07) is 11.6. The first-order valence-electron chi connectivity index (χ1n) is 7.80. The van der Waals surface area contributed by atoms with E-state index in [-0.39, 0.29) is 6.04 Å². The minimum atomic E-state index is -0.543. The van der Waals surface area contributed by atoms with Crippen LogP contribution in [-0.4, -0.2) is 31.1 Å². The molecule has 2 aromatic carbocycles. The average molecular weight is 381 g/mol. The molecule has 1 heterocycles. The molecular weight excluding hydrogens is 362 g/mol. The zero-order chi connectivity index (χ0) is 16.2. The first-order valence-corrected chi connectivity index (χ1v) is 8.59. The summed E-state index contributed by atoms with van der Waals surface area (Å²) >= 11 is 3.44. The fraction of sp³-hybridized carbons (Fsp3) is 0.333. The average Bonchev–Trinajstić information content (AvgIpc) is 2.81. The van der Waals surface area contributed by atoms with Crippen molar-refractivity contribution in [2.24, 2.45) is 0 Å². The maximum Gasteiger partial charge on any atom is 0.131 e. The third-order valence-corrected chi connectivity index (χ3v) is 4.71. The topological polar surface area (TPSA) is 15.3 Å². The van der Waals surface area contributed by atoms with E-state index in [0.717, 1.165) is 48.7 Å². The molecule has 23 heavy (non-hydrogen) atoms. The molecular formula is C18H19BrF2N2. The third-order valence-electron chi connectivity index (χ3n) is 4.18. The Labute approximate surface area is 143 Å². The molecule has 0 radical (unpaired) electrons. The minimum absolute atomic E-state index is 0.205. The van der Waals surface area contributed by atoms with Gasteiger partial charge in [-0.1, -0.05) is 34.1 Å². The van der Waals surface area contributed by atoms with E-state index in [2.05, 4.69) is 26.1 Å². The Morgan fingerprint density at radius 3 is 2.52 bits per heavy atom. The van der Waals surface area contributed by atoms with Crippen molar-refractivity contribution in [3.8, 4) is 0 Å². The Hall–Kier alpha value is -1.30. The lowest BCUT2D eigenvalue weighted by molar-refractivity contribution is 0.236. The standard InChI is InChI=1S/C18H19BrF2N2/c19-14-4-2-13(3-5-14)18(23-10-1-8-22-9-11-23)16-7-6-15(20)12-17(16)21/h2-7,12,18,22H,1,8-11H2. The monoisotopic (exact) mass is 380 g/mol. The van der Waals surface area contributed by atoms with E-state index < -0.39 is 11.6 Å². The van der Waals surface area contributed by atoms with Crippen LogP contribution < -0.4 is 5.32 Å². The maximum absolute atomic E-state index is 14.4. The Balaban J connectivity index is 2.03. The number of halogens is 3. The van der Waals surface area contributed by atoms with Crippen molar-refractivity contribution in [3.05, 3.63) is 69.7 Å². The molecule has 1 aliphatic heterocycles. The van der Waals surface area contributed by atoms with Crippen molar-refractivity contribution in [2.75, 3.05) is 26.2 Å². The zero-order valence-corrected chi connectivity index (χ0v) is 14.3. The summed E-state index contributed by atoms with van der Waals surface area (Å²) in [6.45, 7) is 3.55. The summed E-state index contributed by atoms with van der Waals surface area (Å²) in [4.78, 5) is 2.26. The molecule has 0 spiro atoms. The molecule has 122 valence electrons. The Kier molecular flexibility index (Phi) is 5.41. The van der Waals surface area contributed by atoms with Crippen LogP contribution in [0, 0.1) is 11.6 Å². The fourth-order valence-corrected chi connectivity index (χ4v) is 3.34. The second kappa shape index (κ2) is 7.51. The lowest BCUT2D eigenvalue weighted by Gasteiger charge is -2.31. The van der Waals surface area contributed by atoms with Gasteiger partial charge >= 0.3 is 0 Å². The van der Waals surface area contributed by atoms with Gasteiger partial charge < -0.3 is 5.32 Å². The molecule has 0 aromatic heterocycles. The van der Waals surface area contributed by atoms with Gasteiger partial charge in [-0.05, 0) is 36.7 Å². The van der Waals surface area contributed by atoms with Crippen molar-refractivity contribution in [1.29, 1.82) is 0 Å². The molecule has 3 rings (SSSR count). The van der Waals surface area contributed by atoms with Crippen LogP contribution in [0.25, 0.3) is 0 Å². The largest absolute Gasteiger partial charge is 0.315 e. The molecule has 1 fully saturated rings. The van der Waals surface area contributed by atoms with E-state index in [1.807, 2.05) is 24.3 Å². The van der Waals surface area contributed by atoms with E-state index in [1.165, 1.54) is 6.07 Å². The van der Waals surface area contributed by atoms with Gasteiger partial charge in [0.25, 0.3) is 0 Å². The molecule has 0 amide bonds. The number of nitrogens with one attached hydrogen (secondary N) is 1. The van der Waals surface area contributed by atoms with Crippen molar-refractivity contribution in [3.63, 3.8) is 0 Å². The lowest BCUT2D eigenvalue weighted by Crippen LogP contribution is -2.33. The van der Waals surface area contributed by atoms with E-state index in [4.69, 9.17) is 0 Å². The summed E-state index contributed by atoms with van der Waals surface area (Å²) < 4.78 is 28.7. The van der Waals surface area contributed by atoms with Crippen LogP contribution >= 0.6 is 15.9 Å². The van der Waals surface area contributed by atoms with Crippen LogP contribution in [0.1, 0.15) is 23.6 Å². The number of nitrogens with zero attached hydrogens (tertiary/aromatic N) is 1. The predicted octanol–water partition coefficient (Wildman–Crippen LogP) is 4.11. The third kappa shape index (κ3) is 3.97. The number of hydrogen-bond acceptors (Lipinski definition) is 2. The second-order valence-corrected chi connectivity index (χ2v) is 6.68. The van der Waals surface area contributed by atoms with Gasteiger partial charge in [-0.25, -0.2) is 8.78 Å². The molecule has 2 aromatic rings. The fourth-order valence-electron chi connectivity index (χ4n) is 3.08. The molecule has 5 heteroatoms. The molecule has 1 unspecified atom stereocenters. The Morgan fingerprint density at radius 1 is 1.00 bits per heavy atom. The summed E-state index contributed by atoms with van der Waals surface area (Å²) in [7, 11) is 0. The normalized spacial score (nSPS) is 17.7. The highest BCUT2D eigenvalue weighted by atomic mass is 79.9. The van der Waals surface area contributed by atoms with Gasteiger partial charge in [-0.2, -0.15) is 0 Å². The molecule has 1 saturated heterocycles. The zero-order valence-electron chi connectivity index (χ0n) is 12.7. The molecule has 2 nitrogen and oxygen atoms in total. The number of benzene rings is 2. The van der Waals surface area contributed by atoms with Crippen LogP contribution in [0.15, 0.2) is 46.9 Å². The van der Waals surface area contributed by atoms with Crippen molar-refractivity contribution >= 4 is 15.9 Å². The minimum Gasteiger partial charge on any atom is -0.315 e. The van der Waals surface area contributed by atoms with Crippen molar-refractivity contribution in [1.82, 2.24) is 10.2 Å². The molecule has 0 aliphatic carbocycles. The predicted molar refractivity (Wildman–Crippen MR) is 91.4 cm³/mol. The summed E-state index contributed by atoms with van der Waals surface area (Å²) in [5, 5.41) is 3.36. The van der Waals surface area contributed by atoms with E-state index in [1.54, 1.807) is 6.07 Å². The highest BCUT2D eigenvalue weighted by molar-refractivity contribution is 9.10. The molecule has 1 N–H and O–H groups in total. The van der Waals surface area contributed by atoms with Crippen LogP contribution in [0.5, 0.6) is 0 Å². The second-order valence-electron chi connectivity index (χ2n) is 5.76. The molecule has 0 bridgehead atoms. The smallest absolute Gasteiger partial charge is 0.131 e. The SMILES string of the molecule is Fc1ccc(C(c2ccc(Br)cc2)N2CCCNCC2)c(F)c1. The van der Waals surface area contributed by atoms with E-state index in [0.29, 0.717) is 5.56 Å². The van der Waals surface area contributed by atoms with Crippen LogP contribution in [0.2, 0.25) is 0 Å². The van der Waals surface area contributed by atoms with Crippen LogP contribution in [0.3, 0.4) is 0 Å². The number of rotatable bonds is 3. The van der Waals surface area contributed by atoms with Crippen LogP contribution in [-0.2, 0) is 0 Å². The van der Waals surface area contributed by atoms with Gasteiger partial charge in [0.15, 0.2) is 0 Å². The Morgan fingerprint density at radius 2 is 1.78 bits per heavy atom. The highest BCUT2D eigenvalue weighted by Gasteiger charge is 2.25. The molecule has 0 saturated carbocycles.